The molecule has 0 radical (unpaired) electrons. The van der Waals surface area contributed by atoms with Crippen molar-refractivity contribution in [3.8, 4) is 5.75 Å². The maximum Gasteiger partial charge on any atom is 0.337 e. The Hall–Kier alpha value is -2.52. The van der Waals surface area contributed by atoms with Gasteiger partial charge in [-0.2, -0.15) is 4.31 Å². The fraction of sp³-hybridized carbons (Fsp3) is 0.263. The monoisotopic (exact) mass is 454 g/mol. The van der Waals surface area contributed by atoms with Gasteiger partial charge in [0.2, 0.25) is 10.0 Å². The van der Waals surface area contributed by atoms with Gasteiger partial charge in [-0.25, -0.2) is 18.7 Å². The van der Waals surface area contributed by atoms with Crippen molar-refractivity contribution in [1.82, 2.24) is 9.79 Å². The predicted molar refractivity (Wildman–Crippen MR) is 111 cm³/mol. The van der Waals surface area contributed by atoms with E-state index in [4.69, 9.17) is 9.94 Å². The highest BCUT2D eigenvalue weighted by Crippen LogP contribution is 2.29. The molecule has 2 N–H and O–H groups in total. The second-order valence-corrected chi connectivity index (χ2v) is 9.10. The largest absolute Gasteiger partial charge is 0.497 e. The summed E-state index contributed by atoms with van der Waals surface area (Å²) in [7, 11) is -1.52. The Morgan fingerprint density at radius 2 is 1.70 bits per heavy atom. The molecule has 0 aliphatic carbocycles. The van der Waals surface area contributed by atoms with Gasteiger partial charge in [-0.3, -0.25) is 10.0 Å². The Labute approximate surface area is 176 Å². The van der Waals surface area contributed by atoms with E-state index in [0.717, 1.165) is 4.31 Å². The molecule has 0 spiro atoms. The van der Waals surface area contributed by atoms with Crippen molar-refractivity contribution in [3.05, 3.63) is 59.7 Å². The van der Waals surface area contributed by atoms with E-state index in [0.29, 0.717) is 16.9 Å². The van der Waals surface area contributed by atoms with Crippen molar-refractivity contribution in [3.63, 3.8) is 0 Å². The molecule has 2 atom stereocenters. The zero-order valence-corrected chi connectivity index (χ0v) is 18.5. The number of benzene rings is 2. The highest BCUT2D eigenvalue weighted by Gasteiger charge is 2.35. The molecule has 0 aliphatic rings. The van der Waals surface area contributed by atoms with Gasteiger partial charge in [0.1, 0.15) is 11.5 Å². The van der Waals surface area contributed by atoms with Gasteiger partial charge in [0.25, 0.3) is 5.91 Å². The molecule has 0 saturated heterocycles. The number of carbonyl (C=O) groups excluding carboxylic acids is 2. The van der Waals surface area contributed by atoms with E-state index < -0.39 is 27.7 Å². The lowest BCUT2D eigenvalue weighted by molar-refractivity contribution is -0.130. The van der Waals surface area contributed by atoms with Crippen LogP contribution in [-0.2, 0) is 26.1 Å². The van der Waals surface area contributed by atoms with Crippen molar-refractivity contribution in [2.75, 3.05) is 20.9 Å². The molecule has 162 valence electrons. The van der Waals surface area contributed by atoms with E-state index in [1.807, 2.05) is 0 Å². The molecule has 0 saturated carbocycles. The van der Waals surface area contributed by atoms with Crippen LogP contribution in [0.5, 0.6) is 5.75 Å². The first-order valence-electron chi connectivity index (χ1n) is 8.72. The van der Waals surface area contributed by atoms with Crippen LogP contribution in [-0.4, -0.2) is 56.5 Å². The lowest BCUT2D eigenvalue weighted by Crippen LogP contribution is -2.45. The molecular weight excluding hydrogens is 431 g/mol. The van der Waals surface area contributed by atoms with Gasteiger partial charge in [-0.1, -0.05) is 20.7 Å². The van der Waals surface area contributed by atoms with Crippen LogP contribution in [0.25, 0.3) is 0 Å². The number of nitrogens with one attached hydrogen (secondary N) is 1. The van der Waals surface area contributed by atoms with Crippen molar-refractivity contribution in [2.24, 2.45) is 0 Å². The first-order valence-corrected chi connectivity index (χ1v) is 11.7. The zero-order chi connectivity index (χ0) is 22.3. The van der Waals surface area contributed by atoms with Crippen LogP contribution >= 0.6 is 8.58 Å². The summed E-state index contributed by atoms with van der Waals surface area (Å²) in [5.74, 6) is -1.99. The number of sulfonamides is 1. The SMILES string of the molecule is COC(=O)c1ccc(CN([C@H](PC)C(=O)NO)S(=O)(=O)c2ccc(OC)cc2)cc1. The first kappa shape index (κ1) is 23.8. The van der Waals surface area contributed by atoms with Gasteiger partial charge >= 0.3 is 5.97 Å². The minimum Gasteiger partial charge on any atom is -0.497 e. The number of carbonyl (C=O) groups is 2. The number of hydrogen-bond donors (Lipinski definition) is 2. The molecule has 30 heavy (non-hydrogen) atoms. The van der Waals surface area contributed by atoms with E-state index in [2.05, 4.69) is 4.74 Å². The highest BCUT2D eigenvalue weighted by molar-refractivity contribution is 7.89. The highest BCUT2D eigenvalue weighted by atomic mass is 32.2. The fourth-order valence-corrected chi connectivity index (χ4v) is 5.59. The van der Waals surface area contributed by atoms with Crippen LogP contribution in [0, 0.1) is 0 Å². The van der Waals surface area contributed by atoms with E-state index >= 15 is 0 Å². The van der Waals surface area contributed by atoms with Gasteiger partial charge in [0.15, 0.2) is 0 Å². The van der Waals surface area contributed by atoms with E-state index in [1.165, 1.54) is 56.1 Å². The summed E-state index contributed by atoms with van der Waals surface area (Å²) in [5, 5.41) is 9.10. The maximum absolute atomic E-state index is 13.3. The standard InChI is InChI=1S/C19H23N2O7PS/c1-27-15-8-10-16(11-9-15)30(25,26)21(18(29-3)17(22)20-24)12-13-4-6-14(7-5-13)19(23)28-2/h4-11,18,24,29H,12H2,1-3H3,(H,20,22)/t18-/m1/s1. The van der Waals surface area contributed by atoms with Crippen LogP contribution < -0.4 is 10.2 Å². The Bertz CT molecular complexity index is 979. The number of esters is 1. The molecule has 0 heterocycles. The second-order valence-electron chi connectivity index (χ2n) is 6.08. The third-order valence-corrected chi connectivity index (χ3v) is 7.43. The summed E-state index contributed by atoms with van der Waals surface area (Å²) in [6, 6.07) is 12.0. The number of nitrogens with zero attached hydrogens (tertiary/aromatic N) is 1. The molecule has 2 aromatic rings. The summed E-state index contributed by atoms with van der Waals surface area (Å²) < 4.78 is 37.4. The van der Waals surface area contributed by atoms with Gasteiger partial charge in [-0.15, -0.1) is 0 Å². The van der Waals surface area contributed by atoms with E-state index in [1.54, 1.807) is 18.8 Å². The lowest BCUT2D eigenvalue weighted by Gasteiger charge is -2.29. The molecule has 11 heteroatoms. The Balaban J connectivity index is 2.45. The molecule has 2 aromatic carbocycles. The molecule has 1 amide bonds. The third kappa shape index (κ3) is 5.34. The molecule has 0 aromatic heterocycles. The van der Waals surface area contributed by atoms with Crippen LogP contribution in [0.3, 0.4) is 0 Å². The van der Waals surface area contributed by atoms with Gasteiger partial charge in [0.05, 0.1) is 24.7 Å². The van der Waals surface area contributed by atoms with Gasteiger partial charge in [0, 0.05) is 6.54 Å². The summed E-state index contributed by atoms with van der Waals surface area (Å²) in [5.41, 5.74) is 2.40. The van der Waals surface area contributed by atoms with Crippen molar-refractivity contribution < 1.29 is 32.7 Å². The maximum atomic E-state index is 13.3. The van der Waals surface area contributed by atoms with Crippen LogP contribution in [0.1, 0.15) is 15.9 Å². The average Bonchev–Trinajstić information content (AvgIpc) is 2.78. The van der Waals surface area contributed by atoms with Crippen molar-refractivity contribution in [1.29, 1.82) is 0 Å². The molecular formula is C19H23N2O7PS. The number of methoxy groups -OCH3 is 2. The first-order chi connectivity index (χ1) is 14.3. The Morgan fingerprint density at radius 3 is 2.17 bits per heavy atom. The normalized spacial score (nSPS) is 12.7. The van der Waals surface area contributed by atoms with E-state index in [-0.39, 0.29) is 20.0 Å². The minimum atomic E-state index is -4.10. The van der Waals surface area contributed by atoms with Crippen LogP contribution in [0.15, 0.2) is 53.4 Å². The lowest BCUT2D eigenvalue weighted by atomic mass is 10.1. The molecule has 2 rings (SSSR count). The van der Waals surface area contributed by atoms with Crippen molar-refractivity contribution >= 4 is 30.5 Å². The van der Waals surface area contributed by atoms with E-state index in [9.17, 15) is 18.0 Å². The number of hydroxylamine groups is 1. The zero-order valence-electron chi connectivity index (χ0n) is 16.7. The van der Waals surface area contributed by atoms with Gasteiger partial charge < -0.3 is 9.47 Å². The number of rotatable bonds is 9. The second kappa shape index (κ2) is 10.5. The number of ether oxygens (including phenoxy) is 2. The summed E-state index contributed by atoms with van der Waals surface area (Å²) >= 11 is 0. The quantitative estimate of drug-likeness (QED) is 0.256. The summed E-state index contributed by atoms with van der Waals surface area (Å²) in [6.45, 7) is 1.52. The molecule has 9 nitrogen and oxygen atoms in total. The Kier molecular flexibility index (Phi) is 8.31. The van der Waals surface area contributed by atoms with Gasteiger partial charge in [-0.05, 0) is 48.6 Å². The predicted octanol–water partition coefficient (Wildman–Crippen LogP) is 1.81. The number of amides is 1. The average molecular weight is 454 g/mol. The molecule has 0 bridgehead atoms. The fourth-order valence-electron chi connectivity index (χ4n) is 2.71. The van der Waals surface area contributed by atoms with Crippen LogP contribution in [0.2, 0.25) is 0 Å². The molecule has 0 aliphatic heterocycles. The molecule has 1 unspecified atom stereocenters. The molecule has 0 fully saturated rings. The Morgan fingerprint density at radius 1 is 1.10 bits per heavy atom. The third-order valence-electron chi connectivity index (χ3n) is 4.30. The van der Waals surface area contributed by atoms with Crippen molar-refractivity contribution in [2.45, 2.75) is 17.2 Å². The summed E-state index contributed by atoms with van der Waals surface area (Å²) in [6.07, 6.45) is 0. The topological polar surface area (TPSA) is 122 Å². The minimum absolute atomic E-state index is 0.0246. The summed E-state index contributed by atoms with van der Waals surface area (Å²) in [4.78, 5) is 23.8. The van der Waals surface area contributed by atoms with Crippen LogP contribution in [0.4, 0.5) is 0 Å². The number of hydrogen-bond acceptors (Lipinski definition) is 7. The smallest absolute Gasteiger partial charge is 0.337 e.